The van der Waals surface area contributed by atoms with Crippen molar-refractivity contribution < 1.29 is 34.3 Å². The van der Waals surface area contributed by atoms with Crippen LogP contribution in [0.5, 0.6) is 11.5 Å². The van der Waals surface area contributed by atoms with E-state index in [1.807, 2.05) is 0 Å². The van der Waals surface area contributed by atoms with Gasteiger partial charge in [0.2, 0.25) is 0 Å². The molecule has 1 aromatic rings. The zero-order chi connectivity index (χ0) is 18.7. The predicted octanol–water partition coefficient (Wildman–Crippen LogP) is 1.82. The molecule has 25 heavy (non-hydrogen) atoms. The van der Waals surface area contributed by atoms with Crippen LogP contribution >= 0.6 is 11.8 Å². The molecule has 1 heterocycles. The molecule has 2 N–H and O–H groups in total. The lowest BCUT2D eigenvalue weighted by Crippen LogP contribution is -2.33. The normalized spacial score (nSPS) is 15.7. The topological polar surface area (TPSA) is 147 Å². The zero-order valence-electron chi connectivity index (χ0n) is 12.8. The number of nitro groups is 1. The second-order valence-corrected chi connectivity index (χ2v) is 5.73. The number of carboxylic acids is 1. The number of carboxylic acid groups (broad SMARTS) is 1. The lowest BCUT2D eigenvalue weighted by atomic mass is 10.1. The van der Waals surface area contributed by atoms with Crippen molar-refractivity contribution in [3.05, 3.63) is 32.7 Å². The van der Waals surface area contributed by atoms with E-state index in [2.05, 4.69) is 0 Å². The summed E-state index contributed by atoms with van der Waals surface area (Å²) in [5.41, 5.74) is -0.476. The second kappa shape index (κ2) is 7.21. The Morgan fingerprint density at radius 2 is 2.12 bits per heavy atom. The summed E-state index contributed by atoms with van der Waals surface area (Å²) in [7, 11) is 0. The van der Waals surface area contributed by atoms with E-state index in [-0.39, 0.29) is 28.5 Å². The van der Waals surface area contributed by atoms with Gasteiger partial charge in [-0.2, -0.15) is 0 Å². The first-order valence-corrected chi connectivity index (χ1v) is 7.67. The standard InChI is InChI=1S/C14H12N2O8S/c1-2-24-9-5-8(16(22)23)3-7(12(9)19)4-10-13(20)15(6-11(17)18)14(21)25-10/h3-5,19H,2,6H2,1H3,(H,17,18)/b10-4+. The number of aromatic hydroxyl groups is 1. The summed E-state index contributed by atoms with van der Waals surface area (Å²) in [6, 6.07) is 2.05. The van der Waals surface area contributed by atoms with Crippen molar-refractivity contribution in [3.8, 4) is 11.5 Å². The van der Waals surface area contributed by atoms with Crippen LogP contribution < -0.4 is 4.74 Å². The van der Waals surface area contributed by atoms with Gasteiger partial charge in [-0.25, -0.2) is 0 Å². The number of amides is 2. The first-order valence-electron chi connectivity index (χ1n) is 6.86. The van der Waals surface area contributed by atoms with E-state index < -0.39 is 34.3 Å². The number of hydrogen-bond donors (Lipinski definition) is 2. The molecule has 1 aromatic carbocycles. The van der Waals surface area contributed by atoms with E-state index in [1.165, 1.54) is 0 Å². The summed E-state index contributed by atoms with van der Waals surface area (Å²) in [5, 5.41) is 29.1. The van der Waals surface area contributed by atoms with Gasteiger partial charge in [0, 0.05) is 11.6 Å². The number of benzene rings is 1. The lowest BCUT2D eigenvalue weighted by molar-refractivity contribution is -0.385. The summed E-state index contributed by atoms with van der Waals surface area (Å²) in [4.78, 5) is 45.2. The van der Waals surface area contributed by atoms with E-state index in [1.54, 1.807) is 6.92 Å². The Kier molecular flexibility index (Phi) is 5.27. The highest BCUT2D eigenvalue weighted by atomic mass is 32.2. The number of ether oxygens (including phenoxy) is 1. The number of rotatable bonds is 6. The average molecular weight is 368 g/mol. The molecule has 0 spiro atoms. The third kappa shape index (κ3) is 3.88. The molecule has 0 radical (unpaired) electrons. The number of nitro benzene ring substituents is 1. The largest absolute Gasteiger partial charge is 0.504 e. The molecule has 0 unspecified atom stereocenters. The summed E-state index contributed by atoms with van der Waals surface area (Å²) < 4.78 is 5.12. The first kappa shape index (κ1) is 18.3. The minimum Gasteiger partial charge on any atom is -0.504 e. The van der Waals surface area contributed by atoms with Crippen LogP contribution in [0, 0.1) is 10.1 Å². The van der Waals surface area contributed by atoms with Gasteiger partial charge in [0.05, 0.1) is 22.5 Å². The molecular weight excluding hydrogens is 356 g/mol. The van der Waals surface area contributed by atoms with Gasteiger partial charge in [-0.1, -0.05) is 0 Å². The van der Waals surface area contributed by atoms with Crippen molar-refractivity contribution in [1.29, 1.82) is 0 Å². The summed E-state index contributed by atoms with van der Waals surface area (Å²) in [6.45, 7) is 0.964. The smallest absolute Gasteiger partial charge is 0.323 e. The van der Waals surface area contributed by atoms with Gasteiger partial charge in [-0.3, -0.25) is 29.4 Å². The van der Waals surface area contributed by atoms with Crippen LogP contribution in [-0.2, 0) is 9.59 Å². The molecule has 0 bridgehead atoms. The molecule has 0 aliphatic carbocycles. The van der Waals surface area contributed by atoms with Gasteiger partial charge in [-0.05, 0) is 24.8 Å². The molecule has 11 heteroatoms. The number of imide groups is 1. The van der Waals surface area contributed by atoms with Crippen molar-refractivity contribution in [1.82, 2.24) is 4.90 Å². The summed E-state index contributed by atoms with van der Waals surface area (Å²) >= 11 is 0.474. The number of aliphatic carboxylic acids is 1. The van der Waals surface area contributed by atoms with E-state index >= 15 is 0 Å². The van der Waals surface area contributed by atoms with Gasteiger partial charge in [0.15, 0.2) is 11.5 Å². The Labute approximate surface area is 144 Å². The number of thioether (sulfide) groups is 1. The van der Waals surface area contributed by atoms with Crippen LogP contribution in [0.2, 0.25) is 0 Å². The van der Waals surface area contributed by atoms with Crippen LogP contribution in [0.25, 0.3) is 6.08 Å². The van der Waals surface area contributed by atoms with Crippen molar-refractivity contribution in [3.63, 3.8) is 0 Å². The van der Waals surface area contributed by atoms with Crippen LogP contribution in [0.3, 0.4) is 0 Å². The number of phenols is 1. The molecule has 10 nitrogen and oxygen atoms in total. The molecular formula is C14H12N2O8S. The monoisotopic (exact) mass is 368 g/mol. The molecule has 1 aliphatic rings. The number of phenolic OH excluding ortho intramolecular Hbond substituents is 1. The third-order valence-corrected chi connectivity index (χ3v) is 3.96. The van der Waals surface area contributed by atoms with E-state index in [0.717, 1.165) is 18.2 Å². The highest BCUT2D eigenvalue weighted by Crippen LogP contribution is 2.39. The predicted molar refractivity (Wildman–Crippen MR) is 86.2 cm³/mol. The maximum Gasteiger partial charge on any atom is 0.323 e. The lowest BCUT2D eigenvalue weighted by Gasteiger charge is -2.09. The average Bonchev–Trinajstić information content (AvgIpc) is 2.78. The Morgan fingerprint density at radius 1 is 1.44 bits per heavy atom. The van der Waals surface area contributed by atoms with Crippen molar-refractivity contribution in [2.24, 2.45) is 0 Å². The van der Waals surface area contributed by atoms with Crippen LogP contribution in [0.4, 0.5) is 10.5 Å². The first-order chi connectivity index (χ1) is 11.7. The SMILES string of the molecule is CCOc1cc([N+](=O)[O-])cc(/C=C2/SC(=O)N(CC(=O)O)C2=O)c1O. The highest BCUT2D eigenvalue weighted by molar-refractivity contribution is 8.18. The van der Waals surface area contributed by atoms with Crippen LogP contribution in [0.1, 0.15) is 12.5 Å². The molecule has 1 fully saturated rings. The maximum absolute atomic E-state index is 12.1. The molecule has 2 amide bonds. The van der Waals surface area contributed by atoms with Crippen LogP contribution in [-0.4, -0.2) is 50.3 Å². The molecule has 0 atom stereocenters. The number of non-ortho nitro benzene ring substituents is 1. The fourth-order valence-electron chi connectivity index (χ4n) is 2.01. The van der Waals surface area contributed by atoms with E-state index in [4.69, 9.17) is 9.84 Å². The summed E-state index contributed by atoms with van der Waals surface area (Å²) in [6.07, 6.45) is 1.08. The van der Waals surface area contributed by atoms with Crippen molar-refractivity contribution in [2.45, 2.75) is 6.92 Å². The quantitative estimate of drug-likeness (QED) is 0.436. The summed E-state index contributed by atoms with van der Waals surface area (Å²) in [5.74, 6) is -2.80. The molecule has 1 saturated heterocycles. The maximum atomic E-state index is 12.1. The Morgan fingerprint density at radius 3 is 2.68 bits per heavy atom. The zero-order valence-corrected chi connectivity index (χ0v) is 13.6. The van der Waals surface area contributed by atoms with E-state index in [0.29, 0.717) is 16.7 Å². The van der Waals surface area contributed by atoms with Crippen molar-refractivity contribution >= 4 is 40.6 Å². The highest BCUT2D eigenvalue weighted by Gasteiger charge is 2.36. The third-order valence-electron chi connectivity index (χ3n) is 3.05. The van der Waals surface area contributed by atoms with Gasteiger partial charge < -0.3 is 14.9 Å². The number of hydrogen-bond acceptors (Lipinski definition) is 8. The Hall–Kier alpha value is -3.08. The van der Waals surface area contributed by atoms with E-state index in [9.17, 15) is 29.6 Å². The number of carbonyl (C=O) groups is 3. The fraction of sp³-hybridized carbons (Fsp3) is 0.214. The molecule has 132 valence electrons. The minimum absolute atomic E-state index is 0.0986. The molecule has 0 saturated carbocycles. The van der Waals surface area contributed by atoms with Gasteiger partial charge in [0.1, 0.15) is 6.54 Å². The molecule has 0 aromatic heterocycles. The Bertz CT molecular complexity index is 804. The fourth-order valence-corrected chi connectivity index (χ4v) is 2.84. The minimum atomic E-state index is -1.36. The molecule has 1 aliphatic heterocycles. The number of carbonyl (C=O) groups excluding carboxylic acids is 2. The van der Waals surface area contributed by atoms with Gasteiger partial charge >= 0.3 is 5.97 Å². The second-order valence-electron chi connectivity index (χ2n) is 4.73. The molecule has 2 rings (SSSR count). The van der Waals surface area contributed by atoms with Crippen LogP contribution in [0.15, 0.2) is 17.0 Å². The number of nitrogens with zero attached hydrogens (tertiary/aromatic N) is 2. The van der Waals surface area contributed by atoms with Gasteiger partial charge in [-0.15, -0.1) is 0 Å². The van der Waals surface area contributed by atoms with Crippen molar-refractivity contribution in [2.75, 3.05) is 13.2 Å². The Balaban J connectivity index is 2.46. The van der Waals surface area contributed by atoms with Gasteiger partial charge in [0.25, 0.3) is 16.8 Å².